The summed E-state index contributed by atoms with van der Waals surface area (Å²) in [4.78, 5) is 27.9. The third kappa shape index (κ3) is 6.37. The monoisotopic (exact) mass is 334 g/mol. The Balaban J connectivity index is 2.39. The number of aliphatic imine (C=N–C) groups is 1. The van der Waals surface area contributed by atoms with E-state index in [2.05, 4.69) is 4.99 Å². The predicted molar refractivity (Wildman–Crippen MR) is 93.7 cm³/mol. The molecule has 0 saturated heterocycles. The summed E-state index contributed by atoms with van der Waals surface area (Å²) in [6.45, 7) is 3.84. The largest absolute Gasteiger partial charge is 0.454 e. The van der Waals surface area contributed by atoms with Gasteiger partial charge in [-0.05, 0) is 44.2 Å². The number of guanidine groups is 1. The molecule has 0 unspecified atom stereocenters. The number of carbonyl (C=O) groups is 2. The van der Waals surface area contributed by atoms with Gasteiger partial charge in [-0.15, -0.1) is 0 Å². The average molecular weight is 334 g/mol. The lowest BCUT2D eigenvalue weighted by Crippen LogP contribution is -2.34. The third-order valence-electron chi connectivity index (χ3n) is 3.66. The molecule has 0 aliphatic heterocycles. The Hall–Kier alpha value is -2.41. The fraction of sp³-hybridized carbons (Fsp3) is 0.471. The van der Waals surface area contributed by atoms with Crippen molar-refractivity contribution in [1.82, 2.24) is 0 Å². The topological polar surface area (TPSA) is 134 Å². The highest BCUT2D eigenvalue weighted by molar-refractivity contribution is 5.95. The molecule has 0 bridgehead atoms. The number of benzene rings is 1. The van der Waals surface area contributed by atoms with E-state index in [-0.39, 0.29) is 18.3 Å². The van der Waals surface area contributed by atoms with Gasteiger partial charge < -0.3 is 21.9 Å². The third-order valence-corrected chi connectivity index (χ3v) is 3.66. The van der Waals surface area contributed by atoms with Crippen molar-refractivity contribution in [2.75, 3.05) is 13.2 Å². The zero-order valence-corrected chi connectivity index (χ0v) is 14.2. The van der Waals surface area contributed by atoms with Gasteiger partial charge in [0.05, 0.1) is 11.6 Å². The summed E-state index contributed by atoms with van der Waals surface area (Å²) in [5.41, 5.74) is 18.4. The lowest BCUT2D eigenvalue weighted by Gasteiger charge is -2.12. The van der Waals surface area contributed by atoms with Gasteiger partial charge in [-0.2, -0.15) is 0 Å². The summed E-state index contributed by atoms with van der Waals surface area (Å²) in [6, 6.07) is 4.86. The number of ether oxygens (including phenoxy) is 1. The number of hydrogen-bond donors (Lipinski definition) is 3. The van der Waals surface area contributed by atoms with Crippen molar-refractivity contribution < 1.29 is 14.3 Å². The average Bonchev–Trinajstić information content (AvgIpc) is 2.51. The number of esters is 1. The molecule has 0 amide bonds. The number of nitrogens with two attached hydrogens (primary N) is 3. The summed E-state index contributed by atoms with van der Waals surface area (Å²) in [6.07, 6.45) is 1.95. The van der Waals surface area contributed by atoms with Crippen molar-refractivity contribution in [2.45, 2.75) is 39.2 Å². The molecule has 1 aromatic rings. The summed E-state index contributed by atoms with van der Waals surface area (Å²) in [5, 5.41) is 0. The molecule has 0 spiro atoms. The number of unbranched alkanes of at least 4 members (excludes halogenated alkanes) is 1. The van der Waals surface area contributed by atoms with E-state index in [0.717, 1.165) is 17.5 Å². The molecule has 0 saturated carbocycles. The zero-order chi connectivity index (χ0) is 18.1. The van der Waals surface area contributed by atoms with Crippen molar-refractivity contribution in [3.8, 4) is 0 Å². The molecule has 1 rings (SSSR count). The van der Waals surface area contributed by atoms with Crippen LogP contribution in [0, 0.1) is 13.8 Å². The molecule has 6 N–H and O–H groups in total. The second-order valence-corrected chi connectivity index (χ2v) is 5.72. The molecule has 7 heteroatoms. The van der Waals surface area contributed by atoms with Crippen LogP contribution in [0.15, 0.2) is 23.2 Å². The zero-order valence-electron chi connectivity index (χ0n) is 14.2. The van der Waals surface area contributed by atoms with Gasteiger partial charge in [0, 0.05) is 6.54 Å². The van der Waals surface area contributed by atoms with E-state index >= 15 is 0 Å². The maximum absolute atomic E-state index is 12.1. The maximum Gasteiger partial charge on any atom is 0.339 e. The molecule has 7 nitrogen and oxygen atoms in total. The first-order valence-electron chi connectivity index (χ1n) is 7.90. The number of carbonyl (C=O) groups excluding carboxylic acids is 2. The number of ketones is 1. The van der Waals surface area contributed by atoms with Crippen LogP contribution >= 0.6 is 0 Å². The van der Waals surface area contributed by atoms with Gasteiger partial charge in [0.1, 0.15) is 0 Å². The Morgan fingerprint density at radius 1 is 1.17 bits per heavy atom. The maximum atomic E-state index is 12.1. The molecule has 24 heavy (non-hydrogen) atoms. The molecular weight excluding hydrogens is 308 g/mol. The van der Waals surface area contributed by atoms with Crippen LogP contribution in [0.3, 0.4) is 0 Å². The second kappa shape index (κ2) is 9.67. The van der Waals surface area contributed by atoms with E-state index < -0.39 is 12.0 Å². The van der Waals surface area contributed by atoms with Crippen LogP contribution in [-0.4, -0.2) is 36.9 Å². The fourth-order valence-electron chi connectivity index (χ4n) is 2.30. The Bertz CT molecular complexity index is 590. The van der Waals surface area contributed by atoms with E-state index in [4.69, 9.17) is 21.9 Å². The molecule has 0 heterocycles. The Kier molecular flexibility index (Phi) is 7.91. The van der Waals surface area contributed by atoms with Crippen molar-refractivity contribution >= 4 is 17.7 Å². The number of hydrogen-bond acceptors (Lipinski definition) is 5. The van der Waals surface area contributed by atoms with E-state index in [0.29, 0.717) is 24.9 Å². The second-order valence-electron chi connectivity index (χ2n) is 5.72. The summed E-state index contributed by atoms with van der Waals surface area (Å²) in [7, 11) is 0. The van der Waals surface area contributed by atoms with Gasteiger partial charge >= 0.3 is 5.97 Å². The molecular formula is C17H26N4O3. The molecule has 0 fully saturated rings. The molecule has 1 atom stereocenters. The van der Waals surface area contributed by atoms with E-state index in [1.807, 2.05) is 32.0 Å². The highest BCUT2D eigenvalue weighted by atomic mass is 16.5. The van der Waals surface area contributed by atoms with Crippen molar-refractivity contribution in [3.05, 3.63) is 34.9 Å². The quantitative estimate of drug-likeness (QED) is 0.265. The van der Waals surface area contributed by atoms with E-state index in [1.54, 1.807) is 0 Å². The summed E-state index contributed by atoms with van der Waals surface area (Å²) >= 11 is 0. The van der Waals surface area contributed by atoms with Gasteiger partial charge in [-0.3, -0.25) is 9.79 Å². The van der Waals surface area contributed by atoms with Gasteiger partial charge in [0.15, 0.2) is 18.3 Å². The standard InChI is InChI=1S/C17H26N4O3/c1-11-6-5-7-12(2)15(11)16(23)24-10-14(22)13(18)8-3-4-9-21-17(19)20/h5-7,13H,3-4,8-10,18H2,1-2H3,(H4,19,20,21)/t13-/m0/s1. The summed E-state index contributed by atoms with van der Waals surface area (Å²) < 4.78 is 5.11. The minimum absolute atomic E-state index is 0.0498. The normalized spacial score (nSPS) is 11.6. The molecule has 1 aromatic carbocycles. The molecule has 0 aromatic heterocycles. The SMILES string of the molecule is Cc1cccc(C)c1C(=O)OCC(=O)[C@@H](N)CCCCN=C(N)N. The molecule has 0 aliphatic carbocycles. The number of rotatable bonds is 9. The lowest BCUT2D eigenvalue weighted by molar-refractivity contribution is -0.123. The fourth-order valence-corrected chi connectivity index (χ4v) is 2.30. The van der Waals surface area contributed by atoms with Gasteiger partial charge in [0.25, 0.3) is 0 Å². The van der Waals surface area contributed by atoms with Crippen LogP contribution in [0.1, 0.15) is 40.7 Å². The molecule has 132 valence electrons. The van der Waals surface area contributed by atoms with Crippen molar-refractivity contribution in [2.24, 2.45) is 22.2 Å². The Labute approximate surface area is 142 Å². The van der Waals surface area contributed by atoms with Gasteiger partial charge in [-0.25, -0.2) is 4.79 Å². The van der Waals surface area contributed by atoms with Crippen LogP contribution < -0.4 is 17.2 Å². The van der Waals surface area contributed by atoms with Crippen LogP contribution in [0.2, 0.25) is 0 Å². The highest BCUT2D eigenvalue weighted by Crippen LogP contribution is 2.14. The molecule has 0 aliphatic rings. The number of aryl methyl sites for hydroxylation is 2. The summed E-state index contributed by atoms with van der Waals surface area (Å²) in [5.74, 6) is -0.746. The first-order chi connectivity index (χ1) is 11.3. The van der Waals surface area contributed by atoms with E-state index in [1.165, 1.54) is 0 Å². The van der Waals surface area contributed by atoms with Gasteiger partial charge in [-0.1, -0.05) is 18.2 Å². The van der Waals surface area contributed by atoms with Crippen LogP contribution in [0.25, 0.3) is 0 Å². The Morgan fingerprint density at radius 3 is 2.38 bits per heavy atom. The number of nitrogens with zero attached hydrogens (tertiary/aromatic N) is 1. The molecule has 0 radical (unpaired) electrons. The van der Waals surface area contributed by atoms with E-state index in [9.17, 15) is 9.59 Å². The predicted octanol–water partition coefficient (Wildman–Crippen LogP) is 0.800. The first-order valence-corrected chi connectivity index (χ1v) is 7.90. The van der Waals surface area contributed by atoms with Crippen molar-refractivity contribution in [1.29, 1.82) is 0 Å². The number of Topliss-reactive ketones (excluding diaryl/α,β-unsaturated/α-hetero) is 1. The highest BCUT2D eigenvalue weighted by Gasteiger charge is 2.18. The van der Waals surface area contributed by atoms with Crippen LogP contribution in [0.4, 0.5) is 0 Å². The van der Waals surface area contributed by atoms with Crippen LogP contribution in [-0.2, 0) is 9.53 Å². The smallest absolute Gasteiger partial charge is 0.339 e. The first kappa shape index (κ1) is 19.6. The minimum Gasteiger partial charge on any atom is -0.454 e. The van der Waals surface area contributed by atoms with Crippen LogP contribution in [0.5, 0.6) is 0 Å². The van der Waals surface area contributed by atoms with Crippen molar-refractivity contribution in [3.63, 3.8) is 0 Å². The Morgan fingerprint density at radius 2 is 1.79 bits per heavy atom. The minimum atomic E-state index is -0.657. The lowest BCUT2D eigenvalue weighted by atomic mass is 10.0. The van der Waals surface area contributed by atoms with Gasteiger partial charge in [0.2, 0.25) is 0 Å².